The first kappa shape index (κ1) is 19.5. The van der Waals surface area contributed by atoms with Crippen LogP contribution >= 0.6 is 0 Å². The van der Waals surface area contributed by atoms with Gasteiger partial charge in [-0.1, -0.05) is 0 Å². The van der Waals surface area contributed by atoms with Crippen molar-refractivity contribution >= 4 is 23.5 Å². The van der Waals surface area contributed by atoms with Gasteiger partial charge in [0.2, 0.25) is 11.7 Å². The van der Waals surface area contributed by atoms with E-state index in [0.717, 1.165) is 19.2 Å². The van der Waals surface area contributed by atoms with Crippen LogP contribution in [0.15, 0.2) is 6.33 Å². The van der Waals surface area contributed by atoms with Crippen LogP contribution in [-0.2, 0) is 9.59 Å². The molecule has 3 rings (SSSR count). The van der Waals surface area contributed by atoms with Crippen LogP contribution in [0.1, 0.15) is 46.5 Å². The lowest BCUT2D eigenvalue weighted by molar-refractivity contribution is -0.145. The number of anilines is 2. The number of halogens is 1. The Morgan fingerprint density at radius 2 is 1.85 bits per heavy atom. The Bertz CT molecular complexity index is 735. The summed E-state index contributed by atoms with van der Waals surface area (Å²) < 4.78 is 14.3. The number of nitrogens with two attached hydrogens (primary N) is 1. The second kappa shape index (κ2) is 7.38. The van der Waals surface area contributed by atoms with E-state index in [-0.39, 0.29) is 35.0 Å². The Labute approximate surface area is 158 Å². The van der Waals surface area contributed by atoms with Gasteiger partial charge in [0.05, 0.1) is 6.04 Å². The van der Waals surface area contributed by atoms with Gasteiger partial charge in [0.1, 0.15) is 12.4 Å². The van der Waals surface area contributed by atoms with Gasteiger partial charge in [-0.25, -0.2) is 9.97 Å². The molecular weight excluding hydrogens is 351 g/mol. The molecule has 0 radical (unpaired) electrons. The number of aromatic nitrogens is 2. The SMILES string of the molecule is CC(C)(C)NC1CCCN([C@@H]2CCCN(c3ncnc(N)c3F)C2=O)C1=O. The third kappa shape index (κ3) is 4.02. The molecule has 2 saturated heterocycles. The molecular formula is C18H27FN6O2. The summed E-state index contributed by atoms with van der Waals surface area (Å²) in [5.41, 5.74) is 5.31. The summed E-state index contributed by atoms with van der Waals surface area (Å²) in [5, 5.41) is 3.34. The van der Waals surface area contributed by atoms with E-state index in [2.05, 4.69) is 15.3 Å². The van der Waals surface area contributed by atoms with Gasteiger partial charge in [0, 0.05) is 18.6 Å². The van der Waals surface area contributed by atoms with Crippen molar-refractivity contribution in [3.63, 3.8) is 0 Å². The minimum Gasteiger partial charge on any atom is -0.381 e. The molecule has 0 aliphatic carbocycles. The first-order valence-electron chi connectivity index (χ1n) is 9.34. The molecule has 3 heterocycles. The number of likely N-dealkylation sites (tertiary alicyclic amines) is 1. The summed E-state index contributed by atoms with van der Waals surface area (Å²) in [7, 11) is 0. The zero-order valence-electron chi connectivity index (χ0n) is 16.0. The minimum atomic E-state index is -0.802. The molecule has 27 heavy (non-hydrogen) atoms. The normalized spacial score (nSPS) is 24.4. The third-order valence-corrected chi connectivity index (χ3v) is 4.92. The highest BCUT2D eigenvalue weighted by atomic mass is 19.1. The number of nitrogens with zero attached hydrogens (tertiary/aromatic N) is 4. The Morgan fingerprint density at radius 1 is 1.15 bits per heavy atom. The monoisotopic (exact) mass is 378 g/mol. The quantitative estimate of drug-likeness (QED) is 0.815. The van der Waals surface area contributed by atoms with E-state index in [1.165, 1.54) is 4.90 Å². The lowest BCUT2D eigenvalue weighted by Crippen LogP contribution is -2.62. The number of amides is 2. The van der Waals surface area contributed by atoms with E-state index >= 15 is 0 Å². The maximum absolute atomic E-state index is 14.3. The fourth-order valence-electron chi connectivity index (χ4n) is 3.78. The van der Waals surface area contributed by atoms with Crippen molar-refractivity contribution in [3.8, 4) is 0 Å². The molecule has 2 atom stereocenters. The number of carbonyl (C=O) groups excluding carboxylic acids is 2. The maximum Gasteiger partial charge on any atom is 0.251 e. The van der Waals surface area contributed by atoms with Crippen molar-refractivity contribution in [1.82, 2.24) is 20.2 Å². The number of carbonyl (C=O) groups is 2. The molecule has 8 nitrogen and oxygen atoms in total. The number of hydrogen-bond acceptors (Lipinski definition) is 6. The van der Waals surface area contributed by atoms with Gasteiger partial charge in [0.15, 0.2) is 11.6 Å². The number of hydrogen-bond donors (Lipinski definition) is 2. The summed E-state index contributed by atoms with van der Waals surface area (Å²) in [6, 6.07) is -0.917. The average Bonchev–Trinajstić information content (AvgIpc) is 2.59. The number of nitrogens with one attached hydrogen (secondary N) is 1. The van der Waals surface area contributed by atoms with Gasteiger partial charge >= 0.3 is 0 Å². The summed E-state index contributed by atoms with van der Waals surface area (Å²) in [6.45, 7) is 6.90. The number of nitrogen functional groups attached to an aromatic ring is 1. The van der Waals surface area contributed by atoms with Crippen LogP contribution in [0.4, 0.5) is 16.0 Å². The van der Waals surface area contributed by atoms with Crippen molar-refractivity contribution in [2.45, 2.75) is 64.1 Å². The van der Waals surface area contributed by atoms with Crippen molar-refractivity contribution in [1.29, 1.82) is 0 Å². The topological polar surface area (TPSA) is 104 Å². The van der Waals surface area contributed by atoms with E-state index in [4.69, 9.17) is 5.73 Å². The first-order chi connectivity index (χ1) is 12.7. The van der Waals surface area contributed by atoms with Crippen LogP contribution in [-0.4, -0.2) is 57.4 Å². The van der Waals surface area contributed by atoms with E-state index in [1.807, 2.05) is 20.8 Å². The standard InChI is InChI=1S/C18H27FN6O2/c1-18(2,3)23-11-6-4-8-24(16(11)26)12-7-5-9-25(17(12)27)15-13(19)14(20)21-10-22-15/h10-12,23H,4-9H2,1-3H3,(H2,20,21,22)/t11?,12-/m1/s1. The van der Waals surface area contributed by atoms with Gasteiger partial charge < -0.3 is 16.0 Å². The fraction of sp³-hybridized carbons (Fsp3) is 0.667. The van der Waals surface area contributed by atoms with Gasteiger partial charge in [-0.15, -0.1) is 0 Å². The Morgan fingerprint density at radius 3 is 2.56 bits per heavy atom. The lowest BCUT2D eigenvalue weighted by Gasteiger charge is -2.42. The molecule has 1 aromatic heterocycles. The highest BCUT2D eigenvalue weighted by molar-refractivity contribution is 6.00. The van der Waals surface area contributed by atoms with Crippen molar-refractivity contribution in [3.05, 3.63) is 12.1 Å². The number of piperidine rings is 2. The third-order valence-electron chi connectivity index (χ3n) is 4.92. The van der Waals surface area contributed by atoms with Gasteiger partial charge in [0.25, 0.3) is 5.91 Å². The van der Waals surface area contributed by atoms with E-state index in [1.54, 1.807) is 4.90 Å². The highest BCUT2D eigenvalue weighted by Gasteiger charge is 2.41. The van der Waals surface area contributed by atoms with Crippen molar-refractivity contribution < 1.29 is 14.0 Å². The fourth-order valence-corrected chi connectivity index (χ4v) is 3.78. The summed E-state index contributed by atoms with van der Waals surface area (Å²) in [6.07, 6.45) is 3.92. The summed E-state index contributed by atoms with van der Waals surface area (Å²) in [5.74, 6) is -1.60. The van der Waals surface area contributed by atoms with E-state index in [9.17, 15) is 14.0 Å². The molecule has 1 unspecified atom stereocenters. The number of rotatable bonds is 3. The van der Waals surface area contributed by atoms with Gasteiger partial charge in [-0.05, 0) is 46.5 Å². The van der Waals surface area contributed by atoms with Crippen LogP contribution in [0.25, 0.3) is 0 Å². The first-order valence-corrected chi connectivity index (χ1v) is 9.34. The van der Waals surface area contributed by atoms with Crippen molar-refractivity contribution in [2.75, 3.05) is 23.7 Å². The second-order valence-electron chi connectivity index (χ2n) is 8.17. The Hall–Kier alpha value is -2.29. The largest absolute Gasteiger partial charge is 0.381 e. The molecule has 148 valence electrons. The van der Waals surface area contributed by atoms with Crippen LogP contribution in [0.5, 0.6) is 0 Å². The molecule has 0 spiro atoms. The molecule has 2 amide bonds. The molecule has 2 aliphatic rings. The molecule has 0 aromatic carbocycles. The predicted molar refractivity (Wildman–Crippen MR) is 99.4 cm³/mol. The predicted octanol–water partition coefficient (Wildman–Crippen LogP) is 1.07. The Kier molecular flexibility index (Phi) is 5.32. The van der Waals surface area contributed by atoms with E-state index in [0.29, 0.717) is 25.9 Å². The van der Waals surface area contributed by atoms with Crippen LogP contribution in [0.3, 0.4) is 0 Å². The zero-order valence-corrected chi connectivity index (χ0v) is 16.0. The van der Waals surface area contributed by atoms with E-state index < -0.39 is 11.9 Å². The summed E-state index contributed by atoms with van der Waals surface area (Å²) in [4.78, 5) is 36.5. The summed E-state index contributed by atoms with van der Waals surface area (Å²) >= 11 is 0. The van der Waals surface area contributed by atoms with Gasteiger partial charge in [-0.3, -0.25) is 14.5 Å². The molecule has 0 saturated carbocycles. The maximum atomic E-state index is 14.3. The Balaban J connectivity index is 1.81. The van der Waals surface area contributed by atoms with Crippen LogP contribution < -0.4 is 16.0 Å². The zero-order chi connectivity index (χ0) is 19.8. The molecule has 0 bridgehead atoms. The second-order valence-corrected chi connectivity index (χ2v) is 8.17. The average molecular weight is 378 g/mol. The molecule has 3 N–H and O–H groups in total. The molecule has 2 aliphatic heterocycles. The molecule has 1 aromatic rings. The van der Waals surface area contributed by atoms with Crippen molar-refractivity contribution in [2.24, 2.45) is 0 Å². The van der Waals surface area contributed by atoms with Crippen LogP contribution in [0, 0.1) is 5.82 Å². The highest BCUT2D eigenvalue weighted by Crippen LogP contribution is 2.28. The lowest BCUT2D eigenvalue weighted by atomic mass is 9.95. The minimum absolute atomic E-state index is 0.0703. The molecule has 2 fully saturated rings. The van der Waals surface area contributed by atoms with Crippen LogP contribution in [0.2, 0.25) is 0 Å². The molecule has 9 heteroatoms. The smallest absolute Gasteiger partial charge is 0.251 e. The van der Waals surface area contributed by atoms with Gasteiger partial charge in [-0.2, -0.15) is 4.39 Å².